The molecule has 5 rings (SSSR count). The molecule has 1 aromatic heterocycles. The van der Waals surface area contributed by atoms with Crippen molar-refractivity contribution in [3.05, 3.63) is 77.1 Å². The molecule has 0 saturated heterocycles. The fourth-order valence-corrected chi connectivity index (χ4v) is 4.54. The molecule has 1 atom stereocenters. The molecule has 2 aromatic carbocycles. The van der Waals surface area contributed by atoms with Crippen LogP contribution in [0, 0.1) is 0 Å². The van der Waals surface area contributed by atoms with Gasteiger partial charge in [-0.15, -0.1) is 0 Å². The van der Waals surface area contributed by atoms with Crippen molar-refractivity contribution in [1.82, 2.24) is 4.98 Å². The Labute approximate surface area is 170 Å². The average molecular weight is 384 g/mol. The van der Waals surface area contributed by atoms with Gasteiger partial charge >= 0.3 is 0 Å². The SMILES string of the molecule is CCCOc1ccc([C@H]2C3=C(CCCC3=O)Nc3ccc4ncccc4c32)cc1. The van der Waals surface area contributed by atoms with Crippen molar-refractivity contribution in [3.63, 3.8) is 0 Å². The summed E-state index contributed by atoms with van der Waals surface area (Å²) in [6, 6.07) is 16.5. The van der Waals surface area contributed by atoms with Crippen molar-refractivity contribution in [3.8, 4) is 5.75 Å². The summed E-state index contributed by atoms with van der Waals surface area (Å²) in [6.07, 6.45) is 5.24. The zero-order valence-corrected chi connectivity index (χ0v) is 16.6. The maximum atomic E-state index is 13.0. The van der Waals surface area contributed by atoms with Crippen molar-refractivity contribution < 1.29 is 9.53 Å². The largest absolute Gasteiger partial charge is 0.494 e. The van der Waals surface area contributed by atoms with Gasteiger partial charge in [0.1, 0.15) is 5.75 Å². The number of anilines is 1. The summed E-state index contributed by atoms with van der Waals surface area (Å²) in [5.41, 5.74) is 6.29. The lowest BCUT2D eigenvalue weighted by Crippen LogP contribution is -2.27. The van der Waals surface area contributed by atoms with E-state index in [4.69, 9.17) is 4.74 Å². The number of hydrogen-bond acceptors (Lipinski definition) is 4. The molecule has 0 saturated carbocycles. The number of carbonyl (C=O) groups is 1. The van der Waals surface area contributed by atoms with Crippen molar-refractivity contribution >= 4 is 22.4 Å². The number of rotatable bonds is 4. The van der Waals surface area contributed by atoms with Gasteiger partial charge in [0.05, 0.1) is 12.1 Å². The molecule has 0 fully saturated rings. The van der Waals surface area contributed by atoms with Gasteiger partial charge < -0.3 is 10.1 Å². The Bertz CT molecular complexity index is 1120. The molecule has 3 aromatic rings. The monoisotopic (exact) mass is 384 g/mol. The Hall–Kier alpha value is -3.14. The van der Waals surface area contributed by atoms with Gasteiger partial charge in [-0.2, -0.15) is 0 Å². The van der Waals surface area contributed by atoms with Crippen LogP contribution >= 0.6 is 0 Å². The Morgan fingerprint density at radius 3 is 2.79 bits per heavy atom. The van der Waals surface area contributed by atoms with Crippen LogP contribution in [0.1, 0.15) is 49.7 Å². The predicted octanol–water partition coefficient (Wildman–Crippen LogP) is 5.59. The van der Waals surface area contributed by atoms with E-state index in [9.17, 15) is 4.79 Å². The van der Waals surface area contributed by atoms with E-state index in [1.54, 1.807) is 0 Å². The first-order chi connectivity index (χ1) is 14.3. The van der Waals surface area contributed by atoms with Crippen molar-refractivity contribution in [1.29, 1.82) is 0 Å². The van der Waals surface area contributed by atoms with Crippen LogP contribution in [0.25, 0.3) is 10.9 Å². The highest BCUT2D eigenvalue weighted by Crippen LogP contribution is 2.47. The van der Waals surface area contributed by atoms with E-state index in [0.717, 1.165) is 64.0 Å². The van der Waals surface area contributed by atoms with Crippen LogP contribution in [0.5, 0.6) is 5.75 Å². The molecule has 0 spiro atoms. The highest BCUT2D eigenvalue weighted by Gasteiger charge is 2.36. The van der Waals surface area contributed by atoms with Crippen LogP contribution in [-0.2, 0) is 4.79 Å². The summed E-state index contributed by atoms with van der Waals surface area (Å²) in [4.78, 5) is 17.6. The van der Waals surface area contributed by atoms with Gasteiger partial charge in [0.25, 0.3) is 0 Å². The number of Topliss-reactive ketones (excluding diaryl/α,β-unsaturated/α-hetero) is 1. The van der Waals surface area contributed by atoms with Crippen molar-refractivity contribution in [2.45, 2.75) is 38.5 Å². The lowest BCUT2D eigenvalue weighted by atomic mass is 9.74. The molecular weight excluding hydrogens is 360 g/mol. The number of aromatic nitrogens is 1. The summed E-state index contributed by atoms with van der Waals surface area (Å²) in [5, 5.41) is 4.66. The van der Waals surface area contributed by atoms with Crippen LogP contribution < -0.4 is 10.1 Å². The molecule has 0 radical (unpaired) electrons. The number of fused-ring (bicyclic) bond motifs is 3. The zero-order chi connectivity index (χ0) is 19.8. The minimum absolute atomic E-state index is 0.0813. The Morgan fingerprint density at radius 2 is 1.97 bits per heavy atom. The molecule has 0 bridgehead atoms. The van der Waals surface area contributed by atoms with Gasteiger partial charge in [-0.25, -0.2) is 0 Å². The predicted molar refractivity (Wildman–Crippen MR) is 115 cm³/mol. The van der Waals surface area contributed by atoms with Gasteiger partial charge in [0, 0.05) is 40.9 Å². The topological polar surface area (TPSA) is 51.2 Å². The van der Waals surface area contributed by atoms with Gasteiger partial charge in [-0.05, 0) is 60.7 Å². The number of pyridine rings is 1. The molecule has 4 heteroatoms. The van der Waals surface area contributed by atoms with E-state index in [1.165, 1.54) is 0 Å². The van der Waals surface area contributed by atoms with Crippen LogP contribution in [0.2, 0.25) is 0 Å². The molecule has 0 amide bonds. The second kappa shape index (κ2) is 7.36. The summed E-state index contributed by atoms with van der Waals surface area (Å²) in [5.74, 6) is 1.04. The summed E-state index contributed by atoms with van der Waals surface area (Å²) >= 11 is 0. The van der Waals surface area contributed by atoms with Gasteiger partial charge in [-0.1, -0.05) is 25.1 Å². The Balaban J connectivity index is 1.69. The van der Waals surface area contributed by atoms with E-state index in [-0.39, 0.29) is 11.7 Å². The van der Waals surface area contributed by atoms with Crippen LogP contribution in [0.15, 0.2) is 66.0 Å². The first kappa shape index (κ1) is 17.9. The van der Waals surface area contributed by atoms with Gasteiger partial charge in [-0.3, -0.25) is 9.78 Å². The molecule has 1 aliphatic carbocycles. The highest BCUT2D eigenvalue weighted by atomic mass is 16.5. The van der Waals surface area contributed by atoms with E-state index >= 15 is 0 Å². The summed E-state index contributed by atoms with van der Waals surface area (Å²) < 4.78 is 5.76. The standard InChI is InChI=1S/C25H24N2O2/c1-2-15-29-17-10-8-16(9-11-17)23-24-18-5-4-14-26-19(18)12-13-21(24)27-20-6-3-7-22(28)25(20)23/h4-5,8-14,23,27H,2-3,6-7,15H2,1H3/t23-/m1/s1. The Kier molecular flexibility index (Phi) is 4.55. The number of nitrogens with zero attached hydrogens (tertiary/aromatic N) is 1. The number of ether oxygens (including phenoxy) is 1. The van der Waals surface area contributed by atoms with E-state index in [2.05, 4.69) is 47.6 Å². The fourth-order valence-electron chi connectivity index (χ4n) is 4.54. The molecule has 146 valence electrons. The summed E-state index contributed by atoms with van der Waals surface area (Å²) in [6.45, 7) is 2.81. The minimum Gasteiger partial charge on any atom is -0.494 e. The molecule has 0 unspecified atom stereocenters. The van der Waals surface area contributed by atoms with Crippen molar-refractivity contribution in [2.24, 2.45) is 0 Å². The van der Waals surface area contributed by atoms with Crippen LogP contribution in [0.3, 0.4) is 0 Å². The van der Waals surface area contributed by atoms with Crippen LogP contribution in [0.4, 0.5) is 5.69 Å². The normalized spacial score (nSPS) is 18.2. The lowest BCUT2D eigenvalue weighted by Gasteiger charge is -2.34. The molecule has 2 aliphatic rings. The highest BCUT2D eigenvalue weighted by molar-refractivity contribution is 6.03. The third-order valence-electron chi connectivity index (χ3n) is 5.83. The van der Waals surface area contributed by atoms with Gasteiger partial charge in [0.15, 0.2) is 5.78 Å². The first-order valence-electron chi connectivity index (χ1n) is 10.4. The maximum Gasteiger partial charge on any atom is 0.161 e. The Morgan fingerprint density at radius 1 is 1.10 bits per heavy atom. The number of hydrogen-bond donors (Lipinski definition) is 1. The van der Waals surface area contributed by atoms with Crippen LogP contribution in [-0.4, -0.2) is 17.4 Å². The molecule has 1 aliphatic heterocycles. The molecule has 29 heavy (non-hydrogen) atoms. The number of allylic oxidation sites excluding steroid dienone is 2. The second-order valence-corrected chi connectivity index (χ2v) is 7.74. The molecule has 4 nitrogen and oxygen atoms in total. The maximum absolute atomic E-state index is 13.0. The zero-order valence-electron chi connectivity index (χ0n) is 16.6. The fraction of sp³-hybridized carbons (Fsp3) is 0.280. The number of carbonyl (C=O) groups excluding carboxylic acids is 1. The minimum atomic E-state index is -0.0813. The third kappa shape index (κ3) is 3.09. The van der Waals surface area contributed by atoms with E-state index in [0.29, 0.717) is 13.0 Å². The number of benzene rings is 2. The third-order valence-corrected chi connectivity index (χ3v) is 5.83. The van der Waals surface area contributed by atoms with Crippen molar-refractivity contribution in [2.75, 3.05) is 11.9 Å². The molecular formula is C25H24N2O2. The van der Waals surface area contributed by atoms with Gasteiger partial charge in [0.2, 0.25) is 0 Å². The molecule has 2 heterocycles. The number of nitrogens with one attached hydrogen (secondary N) is 1. The number of ketones is 1. The lowest BCUT2D eigenvalue weighted by molar-refractivity contribution is -0.116. The average Bonchev–Trinajstić information content (AvgIpc) is 2.77. The quantitative estimate of drug-likeness (QED) is 0.637. The second-order valence-electron chi connectivity index (χ2n) is 7.74. The van der Waals surface area contributed by atoms with E-state index < -0.39 is 0 Å². The van der Waals surface area contributed by atoms with E-state index in [1.807, 2.05) is 24.4 Å². The smallest absolute Gasteiger partial charge is 0.161 e. The summed E-state index contributed by atoms with van der Waals surface area (Å²) in [7, 11) is 0. The molecule has 1 N–H and O–H groups in total. The first-order valence-corrected chi connectivity index (χ1v) is 10.4.